The van der Waals surface area contributed by atoms with E-state index in [2.05, 4.69) is 5.10 Å². The molecule has 9 heteroatoms. The van der Waals surface area contributed by atoms with E-state index in [-0.39, 0.29) is 36.5 Å². The summed E-state index contributed by atoms with van der Waals surface area (Å²) in [4.78, 5) is 12.8. The number of sulfonamides is 1. The molecule has 0 radical (unpaired) electrons. The van der Waals surface area contributed by atoms with Gasteiger partial charge in [0.1, 0.15) is 12.4 Å². The molecule has 1 aromatic heterocycles. The monoisotopic (exact) mass is 469 g/mol. The van der Waals surface area contributed by atoms with Crippen LogP contribution in [0.25, 0.3) is 5.69 Å². The number of hydrogen-bond donors (Lipinski definition) is 0. The summed E-state index contributed by atoms with van der Waals surface area (Å²) in [5, 5.41) is 4.18. The number of ether oxygens (including phenoxy) is 2. The summed E-state index contributed by atoms with van der Waals surface area (Å²) in [6.07, 6.45) is 4.45. The van der Waals surface area contributed by atoms with Crippen molar-refractivity contribution in [3.05, 3.63) is 72.6 Å². The van der Waals surface area contributed by atoms with Crippen molar-refractivity contribution in [2.45, 2.75) is 31.3 Å². The molecule has 3 aromatic rings. The van der Waals surface area contributed by atoms with Gasteiger partial charge in [0.2, 0.25) is 10.0 Å². The molecule has 8 nitrogen and oxygen atoms in total. The lowest BCUT2D eigenvalue weighted by molar-refractivity contribution is -0.151. The largest absolute Gasteiger partial charge is 0.494 e. The molecule has 1 aliphatic rings. The van der Waals surface area contributed by atoms with Crippen molar-refractivity contribution in [2.24, 2.45) is 5.92 Å². The number of carbonyl (C=O) groups is 1. The third-order valence-electron chi connectivity index (χ3n) is 5.65. The van der Waals surface area contributed by atoms with E-state index in [1.807, 2.05) is 43.5 Å². The molecule has 0 saturated carbocycles. The molecule has 0 unspecified atom stereocenters. The van der Waals surface area contributed by atoms with Crippen LogP contribution in [-0.4, -0.2) is 48.2 Å². The van der Waals surface area contributed by atoms with Crippen LogP contribution in [0.3, 0.4) is 0 Å². The predicted molar refractivity (Wildman–Crippen MR) is 122 cm³/mol. The Labute approximate surface area is 193 Å². The standard InChI is InChI=1S/C24H27N3O5S/c1-2-31-22-8-10-23(11-9-22)33(29,30)26-16-12-20(13-17-26)24(28)32-18-19-4-6-21(7-5-19)27-15-3-14-25-27/h3-11,14-15,20H,2,12-13,16-18H2,1H3. The third-order valence-corrected chi connectivity index (χ3v) is 7.56. The lowest BCUT2D eigenvalue weighted by Gasteiger charge is -2.30. The molecule has 0 atom stereocenters. The molecule has 2 heterocycles. The van der Waals surface area contributed by atoms with Crippen molar-refractivity contribution < 1.29 is 22.7 Å². The Kier molecular flexibility index (Phi) is 7.10. The molecule has 1 aliphatic heterocycles. The van der Waals surface area contributed by atoms with Crippen LogP contribution in [0.5, 0.6) is 5.75 Å². The Morgan fingerprint density at radius 1 is 1.06 bits per heavy atom. The number of benzene rings is 2. The van der Waals surface area contributed by atoms with E-state index in [0.29, 0.717) is 25.2 Å². The summed E-state index contributed by atoms with van der Waals surface area (Å²) >= 11 is 0. The molecular weight excluding hydrogens is 442 g/mol. The minimum Gasteiger partial charge on any atom is -0.494 e. The van der Waals surface area contributed by atoms with Crippen LogP contribution < -0.4 is 4.74 Å². The second kappa shape index (κ2) is 10.2. The Morgan fingerprint density at radius 2 is 1.76 bits per heavy atom. The smallest absolute Gasteiger partial charge is 0.309 e. The highest BCUT2D eigenvalue weighted by molar-refractivity contribution is 7.89. The number of aromatic nitrogens is 2. The van der Waals surface area contributed by atoms with Gasteiger partial charge in [0.25, 0.3) is 0 Å². The number of rotatable bonds is 8. The Bertz CT molecular complexity index is 1150. The predicted octanol–water partition coefficient (Wildman–Crippen LogP) is 3.42. The fourth-order valence-corrected chi connectivity index (χ4v) is 5.26. The van der Waals surface area contributed by atoms with Crippen molar-refractivity contribution in [3.8, 4) is 11.4 Å². The van der Waals surface area contributed by atoms with Gasteiger partial charge < -0.3 is 9.47 Å². The summed E-state index contributed by atoms with van der Waals surface area (Å²) in [6, 6.07) is 15.9. The van der Waals surface area contributed by atoms with E-state index in [4.69, 9.17) is 9.47 Å². The summed E-state index contributed by atoms with van der Waals surface area (Å²) in [7, 11) is -3.60. The van der Waals surface area contributed by atoms with Gasteiger partial charge in [-0.05, 0) is 67.8 Å². The molecule has 0 aliphatic carbocycles. The molecule has 0 N–H and O–H groups in total. The number of piperidine rings is 1. The van der Waals surface area contributed by atoms with E-state index >= 15 is 0 Å². The van der Waals surface area contributed by atoms with Crippen molar-refractivity contribution in [1.29, 1.82) is 0 Å². The van der Waals surface area contributed by atoms with Crippen molar-refractivity contribution in [2.75, 3.05) is 19.7 Å². The van der Waals surface area contributed by atoms with Crippen LogP contribution in [0.1, 0.15) is 25.3 Å². The molecular formula is C24H27N3O5S. The van der Waals surface area contributed by atoms with Crippen LogP contribution >= 0.6 is 0 Å². The second-order valence-electron chi connectivity index (χ2n) is 7.81. The average Bonchev–Trinajstić information content (AvgIpc) is 3.39. The highest BCUT2D eigenvalue weighted by Gasteiger charge is 2.32. The fraction of sp³-hybridized carbons (Fsp3) is 0.333. The SMILES string of the molecule is CCOc1ccc(S(=O)(=O)N2CCC(C(=O)OCc3ccc(-n4cccn4)cc3)CC2)cc1. The first-order valence-corrected chi connectivity index (χ1v) is 12.4. The lowest BCUT2D eigenvalue weighted by Crippen LogP contribution is -2.40. The highest BCUT2D eigenvalue weighted by atomic mass is 32.2. The van der Waals surface area contributed by atoms with Gasteiger partial charge in [-0.15, -0.1) is 0 Å². The fourth-order valence-electron chi connectivity index (χ4n) is 3.79. The molecule has 0 amide bonds. The molecule has 2 aromatic carbocycles. The zero-order chi connectivity index (χ0) is 23.3. The van der Waals surface area contributed by atoms with Gasteiger partial charge in [0, 0.05) is 25.5 Å². The van der Waals surface area contributed by atoms with Crippen LogP contribution in [0.15, 0.2) is 71.9 Å². The van der Waals surface area contributed by atoms with Crippen LogP contribution in [0.2, 0.25) is 0 Å². The quantitative estimate of drug-likeness (QED) is 0.470. The minimum absolute atomic E-state index is 0.183. The normalized spacial score (nSPS) is 15.3. The Hall–Kier alpha value is -3.17. The van der Waals surface area contributed by atoms with E-state index in [9.17, 15) is 13.2 Å². The van der Waals surface area contributed by atoms with Crippen molar-refractivity contribution >= 4 is 16.0 Å². The molecule has 33 heavy (non-hydrogen) atoms. The maximum Gasteiger partial charge on any atom is 0.309 e. The molecule has 0 spiro atoms. The first-order chi connectivity index (χ1) is 16.0. The number of hydrogen-bond acceptors (Lipinski definition) is 6. The first-order valence-electron chi connectivity index (χ1n) is 11.0. The van der Waals surface area contributed by atoms with Crippen molar-refractivity contribution in [1.82, 2.24) is 14.1 Å². The van der Waals surface area contributed by atoms with Crippen LogP contribution in [-0.2, 0) is 26.2 Å². The Morgan fingerprint density at radius 3 is 2.36 bits per heavy atom. The van der Waals surface area contributed by atoms with E-state index in [1.165, 1.54) is 4.31 Å². The van der Waals surface area contributed by atoms with Crippen LogP contribution in [0.4, 0.5) is 0 Å². The third kappa shape index (κ3) is 5.43. The lowest BCUT2D eigenvalue weighted by atomic mass is 9.98. The van der Waals surface area contributed by atoms with Gasteiger partial charge in [-0.2, -0.15) is 9.40 Å². The van der Waals surface area contributed by atoms with Gasteiger partial charge in [-0.25, -0.2) is 13.1 Å². The maximum atomic E-state index is 12.9. The van der Waals surface area contributed by atoms with E-state index in [1.54, 1.807) is 35.1 Å². The average molecular weight is 470 g/mol. The van der Waals surface area contributed by atoms with E-state index in [0.717, 1.165) is 11.3 Å². The summed E-state index contributed by atoms with van der Waals surface area (Å²) in [5.41, 5.74) is 1.81. The second-order valence-corrected chi connectivity index (χ2v) is 9.75. The summed E-state index contributed by atoms with van der Waals surface area (Å²) < 4.78 is 39.9. The summed E-state index contributed by atoms with van der Waals surface area (Å²) in [6.45, 7) is 3.15. The number of esters is 1. The molecule has 4 rings (SSSR count). The highest BCUT2D eigenvalue weighted by Crippen LogP contribution is 2.26. The zero-order valence-electron chi connectivity index (χ0n) is 18.5. The summed E-state index contributed by atoms with van der Waals surface area (Å²) in [5.74, 6) is 0.0401. The topological polar surface area (TPSA) is 90.7 Å². The molecule has 1 fully saturated rings. The Balaban J connectivity index is 1.28. The number of carbonyl (C=O) groups excluding carboxylic acids is 1. The zero-order valence-corrected chi connectivity index (χ0v) is 19.3. The maximum absolute atomic E-state index is 12.9. The molecule has 0 bridgehead atoms. The van der Waals surface area contributed by atoms with E-state index < -0.39 is 10.0 Å². The van der Waals surface area contributed by atoms with Gasteiger partial charge in [-0.1, -0.05) is 12.1 Å². The molecule has 174 valence electrons. The van der Waals surface area contributed by atoms with Gasteiger partial charge in [0.15, 0.2) is 0 Å². The molecule has 1 saturated heterocycles. The van der Waals surface area contributed by atoms with Gasteiger partial charge in [0.05, 0.1) is 23.1 Å². The van der Waals surface area contributed by atoms with Crippen molar-refractivity contribution in [3.63, 3.8) is 0 Å². The number of nitrogens with zero attached hydrogens (tertiary/aromatic N) is 3. The minimum atomic E-state index is -3.60. The van der Waals surface area contributed by atoms with Crippen LogP contribution in [0, 0.1) is 5.92 Å². The van der Waals surface area contributed by atoms with Gasteiger partial charge in [-0.3, -0.25) is 4.79 Å². The first kappa shape index (κ1) is 23.0. The van der Waals surface area contributed by atoms with Gasteiger partial charge >= 0.3 is 5.97 Å².